The first-order chi connectivity index (χ1) is 13.5. The molecule has 0 fully saturated rings. The molecule has 148 valence electrons. The summed E-state index contributed by atoms with van der Waals surface area (Å²) in [7, 11) is 1.61. The van der Waals surface area contributed by atoms with E-state index < -0.39 is 0 Å². The van der Waals surface area contributed by atoms with Gasteiger partial charge in [0.25, 0.3) is 0 Å². The minimum absolute atomic E-state index is 0.157. The number of nitrogens with one attached hydrogen (secondary N) is 2. The number of thiazole rings is 1. The minimum atomic E-state index is -0.302. The van der Waals surface area contributed by atoms with Crippen molar-refractivity contribution >= 4 is 51.1 Å². The van der Waals surface area contributed by atoms with Crippen LogP contribution in [-0.4, -0.2) is 46.3 Å². The molecule has 28 heavy (non-hydrogen) atoms. The van der Waals surface area contributed by atoms with Crippen LogP contribution in [0.15, 0.2) is 23.4 Å². The predicted octanol–water partition coefficient (Wildman–Crippen LogP) is 3.17. The van der Waals surface area contributed by atoms with Gasteiger partial charge in [-0.1, -0.05) is 11.8 Å². The average molecular weight is 421 g/mol. The number of esters is 1. The molecule has 0 saturated heterocycles. The zero-order chi connectivity index (χ0) is 20.1. The number of aryl methyl sites for hydroxylation is 1. The van der Waals surface area contributed by atoms with Gasteiger partial charge in [-0.3, -0.25) is 9.59 Å². The van der Waals surface area contributed by atoms with Gasteiger partial charge in [-0.25, -0.2) is 9.97 Å². The average Bonchev–Trinajstić information content (AvgIpc) is 3.22. The standard InChI is InChI=1S/C18H20N4O4S2/c1-4-26-16(24)8-14-10(2)19-18(28-14)22-15(23)9-27-17-20-12-6-5-11(25-3)7-13(12)21-17/h5-7H,4,8-9H2,1-3H3,(H,20,21)(H,19,22,23). The third-order valence-corrected chi connectivity index (χ3v) is 5.70. The van der Waals surface area contributed by atoms with Crippen molar-refractivity contribution in [2.45, 2.75) is 25.4 Å². The molecular formula is C18H20N4O4S2. The summed E-state index contributed by atoms with van der Waals surface area (Å²) in [5, 5.41) is 3.88. The summed E-state index contributed by atoms with van der Waals surface area (Å²) in [6.45, 7) is 3.91. The molecule has 0 radical (unpaired) electrons. The van der Waals surface area contributed by atoms with E-state index in [0.717, 1.165) is 21.7 Å². The van der Waals surface area contributed by atoms with Crippen molar-refractivity contribution in [2.24, 2.45) is 0 Å². The molecule has 8 nitrogen and oxygen atoms in total. The number of aromatic nitrogens is 3. The van der Waals surface area contributed by atoms with Crippen LogP contribution in [0.5, 0.6) is 5.75 Å². The first-order valence-electron chi connectivity index (χ1n) is 8.56. The molecule has 0 aliphatic carbocycles. The minimum Gasteiger partial charge on any atom is -0.497 e. The smallest absolute Gasteiger partial charge is 0.311 e. The van der Waals surface area contributed by atoms with E-state index in [9.17, 15) is 9.59 Å². The van der Waals surface area contributed by atoms with E-state index in [1.807, 2.05) is 18.2 Å². The number of anilines is 1. The van der Waals surface area contributed by atoms with Crippen LogP contribution in [-0.2, 0) is 20.7 Å². The first kappa shape index (κ1) is 20.2. The van der Waals surface area contributed by atoms with Gasteiger partial charge in [-0.2, -0.15) is 0 Å². The van der Waals surface area contributed by atoms with Gasteiger partial charge in [0.2, 0.25) is 5.91 Å². The lowest BCUT2D eigenvalue weighted by atomic mass is 10.3. The quantitative estimate of drug-likeness (QED) is 0.426. The summed E-state index contributed by atoms with van der Waals surface area (Å²) in [5.41, 5.74) is 2.37. The molecule has 1 amide bonds. The van der Waals surface area contributed by atoms with Crippen LogP contribution in [0.25, 0.3) is 11.0 Å². The number of benzene rings is 1. The fourth-order valence-electron chi connectivity index (χ4n) is 2.44. The highest BCUT2D eigenvalue weighted by Gasteiger charge is 2.15. The number of amides is 1. The SMILES string of the molecule is CCOC(=O)Cc1sc(NC(=O)CSc2nc3ccc(OC)cc3[nH]2)nc1C. The fraction of sp³-hybridized carbons (Fsp3) is 0.333. The molecule has 0 bridgehead atoms. The number of fused-ring (bicyclic) bond motifs is 1. The second-order valence-corrected chi connectivity index (χ2v) is 7.82. The van der Waals surface area contributed by atoms with E-state index in [0.29, 0.717) is 22.6 Å². The Hall–Kier alpha value is -2.59. The molecule has 0 unspecified atom stereocenters. The zero-order valence-electron chi connectivity index (χ0n) is 15.7. The van der Waals surface area contributed by atoms with E-state index in [1.165, 1.54) is 23.1 Å². The number of nitrogens with zero attached hydrogens (tertiary/aromatic N) is 2. The topological polar surface area (TPSA) is 106 Å². The molecule has 0 aliphatic heterocycles. The van der Waals surface area contributed by atoms with Gasteiger partial charge in [-0.05, 0) is 26.0 Å². The number of methoxy groups -OCH3 is 1. The highest BCUT2D eigenvalue weighted by atomic mass is 32.2. The van der Waals surface area contributed by atoms with E-state index in [4.69, 9.17) is 9.47 Å². The molecule has 10 heteroatoms. The largest absolute Gasteiger partial charge is 0.497 e. The maximum absolute atomic E-state index is 12.2. The predicted molar refractivity (Wildman–Crippen MR) is 109 cm³/mol. The fourth-order valence-corrected chi connectivity index (χ4v) is 4.09. The highest BCUT2D eigenvalue weighted by Crippen LogP contribution is 2.25. The second-order valence-electron chi connectivity index (χ2n) is 5.77. The van der Waals surface area contributed by atoms with Crippen molar-refractivity contribution in [2.75, 3.05) is 24.8 Å². The number of carbonyl (C=O) groups is 2. The Morgan fingerprint density at radius 2 is 2.14 bits per heavy atom. The Morgan fingerprint density at radius 1 is 1.32 bits per heavy atom. The van der Waals surface area contributed by atoms with Gasteiger partial charge in [0.05, 0.1) is 42.6 Å². The van der Waals surface area contributed by atoms with Crippen LogP contribution in [0.1, 0.15) is 17.5 Å². The van der Waals surface area contributed by atoms with E-state index in [2.05, 4.69) is 20.3 Å². The van der Waals surface area contributed by atoms with Crippen LogP contribution in [0.3, 0.4) is 0 Å². The molecule has 0 saturated carbocycles. The molecule has 3 rings (SSSR count). The summed E-state index contributed by atoms with van der Waals surface area (Å²) in [5.74, 6) is 0.426. The Bertz CT molecular complexity index is 999. The molecule has 2 N–H and O–H groups in total. The first-order valence-corrected chi connectivity index (χ1v) is 10.4. The summed E-state index contributed by atoms with van der Waals surface area (Å²) >= 11 is 2.58. The van der Waals surface area contributed by atoms with Gasteiger partial charge >= 0.3 is 5.97 Å². The zero-order valence-corrected chi connectivity index (χ0v) is 17.3. The van der Waals surface area contributed by atoms with E-state index in [-0.39, 0.29) is 24.1 Å². The maximum Gasteiger partial charge on any atom is 0.311 e. The molecule has 1 aromatic carbocycles. The van der Waals surface area contributed by atoms with Crippen molar-refractivity contribution in [3.63, 3.8) is 0 Å². The normalized spacial score (nSPS) is 10.8. The number of ether oxygens (including phenoxy) is 2. The van der Waals surface area contributed by atoms with Crippen molar-refractivity contribution in [1.82, 2.24) is 15.0 Å². The molecule has 2 aromatic heterocycles. The number of aromatic amines is 1. The van der Waals surface area contributed by atoms with Crippen molar-refractivity contribution in [1.29, 1.82) is 0 Å². The third kappa shape index (κ3) is 5.02. The summed E-state index contributed by atoms with van der Waals surface area (Å²) in [4.78, 5) is 36.5. The number of thioether (sulfide) groups is 1. The van der Waals surface area contributed by atoms with Crippen LogP contribution in [0.2, 0.25) is 0 Å². The summed E-state index contributed by atoms with van der Waals surface area (Å²) in [6, 6.07) is 5.55. The van der Waals surface area contributed by atoms with Crippen molar-refractivity contribution in [3.05, 3.63) is 28.8 Å². The molecule has 0 spiro atoms. The lowest BCUT2D eigenvalue weighted by molar-refractivity contribution is -0.142. The maximum atomic E-state index is 12.2. The van der Waals surface area contributed by atoms with Crippen molar-refractivity contribution in [3.8, 4) is 5.75 Å². The van der Waals surface area contributed by atoms with Crippen LogP contribution in [0.4, 0.5) is 5.13 Å². The molecule has 0 atom stereocenters. The Kier molecular flexibility index (Phi) is 6.53. The van der Waals surface area contributed by atoms with E-state index in [1.54, 1.807) is 21.0 Å². The number of hydrogen-bond acceptors (Lipinski definition) is 8. The van der Waals surface area contributed by atoms with Crippen LogP contribution in [0, 0.1) is 6.92 Å². The molecule has 2 heterocycles. The lowest BCUT2D eigenvalue weighted by Crippen LogP contribution is -2.13. The number of H-pyrrole nitrogens is 1. The van der Waals surface area contributed by atoms with Gasteiger partial charge in [0.15, 0.2) is 10.3 Å². The van der Waals surface area contributed by atoms with Gasteiger partial charge in [0, 0.05) is 10.9 Å². The Morgan fingerprint density at radius 3 is 2.89 bits per heavy atom. The molecule has 3 aromatic rings. The summed E-state index contributed by atoms with van der Waals surface area (Å²) in [6.07, 6.45) is 0.157. The summed E-state index contributed by atoms with van der Waals surface area (Å²) < 4.78 is 10.1. The van der Waals surface area contributed by atoms with Gasteiger partial charge < -0.3 is 19.8 Å². The Balaban J connectivity index is 1.56. The second kappa shape index (κ2) is 9.07. The third-order valence-electron chi connectivity index (χ3n) is 3.76. The molecular weight excluding hydrogens is 400 g/mol. The highest BCUT2D eigenvalue weighted by molar-refractivity contribution is 7.99. The number of carbonyl (C=O) groups excluding carboxylic acids is 2. The Labute approximate surface area is 170 Å². The monoisotopic (exact) mass is 420 g/mol. The van der Waals surface area contributed by atoms with Crippen LogP contribution < -0.4 is 10.1 Å². The van der Waals surface area contributed by atoms with Crippen molar-refractivity contribution < 1.29 is 19.1 Å². The molecule has 0 aliphatic rings. The lowest BCUT2D eigenvalue weighted by Gasteiger charge is -2.00. The van der Waals surface area contributed by atoms with E-state index >= 15 is 0 Å². The van der Waals surface area contributed by atoms with Gasteiger partial charge in [0.1, 0.15) is 5.75 Å². The number of hydrogen-bond donors (Lipinski definition) is 2. The van der Waals surface area contributed by atoms with Gasteiger partial charge in [-0.15, -0.1) is 11.3 Å². The number of imidazole rings is 1. The number of rotatable bonds is 8. The van der Waals surface area contributed by atoms with Crippen LogP contribution >= 0.6 is 23.1 Å².